The molecule has 19 heavy (non-hydrogen) atoms. The summed E-state index contributed by atoms with van der Waals surface area (Å²) in [7, 11) is 0. The lowest BCUT2D eigenvalue weighted by molar-refractivity contribution is 0.238. The summed E-state index contributed by atoms with van der Waals surface area (Å²) in [5.74, 6) is 0. The Balaban J connectivity index is 2.28. The number of nitrogens with zero attached hydrogens (tertiary/aromatic N) is 1. The van der Waals surface area contributed by atoms with Crippen LogP contribution in [0.1, 0.15) is 38.8 Å². The van der Waals surface area contributed by atoms with Gasteiger partial charge in [-0.15, -0.1) is 0 Å². The molecule has 0 aliphatic heterocycles. The van der Waals surface area contributed by atoms with E-state index in [9.17, 15) is 5.11 Å². The molecule has 0 aliphatic carbocycles. The topological polar surface area (TPSA) is 37.2 Å². The van der Waals surface area contributed by atoms with E-state index in [1.807, 2.05) is 0 Å². The van der Waals surface area contributed by atoms with Gasteiger partial charge in [-0.1, -0.05) is 25.1 Å². The van der Waals surface area contributed by atoms with E-state index >= 15 is 0 Å². The number of hydrogen-bond donors (Lipinski definition) is 2. The first-order chi connectivity index (χ1) is 9.17. The van der Waals surface area contributed by atoms with Crippen LogP contribution in [-0.2, 0) is 6.54 Å². The molecule has 1 aromatic heterocycles. The second kappa shape index (κ2) is 6.22. The molecule has 1 heterocycles. The lowest BCUT2D eigenvalue weighted by atomic mass is 10.1. The third-order valence-electron chi connectivity index (χ3n) is 3.67. The van der Waals surface area contributed by atoms with Crippen LogP contribution in [0.2, 0.25) is 0 Å². The highest BCUT2D eigenvalue weighted by Gasteiger charge is 2.11. The van der Waals surface area contributed by atoms with Gasteiger partial charge in [0.25, 0.3) is 0 Å². The third kappa shape index (κ3) is 2.99. The van der Waals surface area contributed by atoms with E-state index in [1.165, 1.54) is 16.5 Å². The minimum absolute atomic E-state index is 0.182. The third-order valence-corrected chi connectivity index (χ3v) is 3.67. The Morgan fingerprint density at radius 1 is 1.26 bits per heavy atom. The fraction of sp³-hybridized carbons (Fsp3) is 0.500. The average Bonchev–Trinajstić information content (AvgIpc) is 2.79. The van der Waals surface area contributed by atoms with Crippen molar-refractivity contribution in [1.29, 1.82) is 0 Å². The Bertz CT molecular complexity index is 527. The van der Waals surface area contributed by atoms with Crippen molar-refractivity contribution in [2.75, 3.05) is 6.61 Å². The summed E-state index contributed by atoms with van der Waals surface area (Å²) in [5, 5.41) is 14.0. The molecule has 2 rings (SSSR count). The molecule has 0 aliphatic rings. The SMILES string of the molecule is CC[C@H](CO)NCc1cn(C(C)C)c2ccccc12. The summed E-state index contributed by atoms with van der Waals surface area (Å²) in [6.45, 7) is 7.49. The van der Waals surface area contributed by atoms with Gasteiger partial charge in [-0.05, 0) is 31.9 Å². The van der Waals surface area contributed by atoms with E-state index in [2.05, 4.69) is 61.1 Å². The zero-order valence-corrected chi connectivity index (χ0v) is 12.1. The van der Waals surface area contributed by atoms with Crippen molar-refractivity contribution in [3.63, 3.8) is 0 Å². The van der Waals surface area contributed by atoms with Gasteiger partial charge >= 0.3 is 0 Å². The molecule has 1 atom stereocenters. The van der Waals surface area contributed by atoms with Crippen molar-refractivity contribution < 1.29 is 5.11 Å². The Hall–Kier alpha value is -1.32. The van der Waals surface area contributed by atoms with Crippen LogP contribution in [0, 0.1) is 0 Å². The van der Waals surface area contributed by atoms with Crippen LogP contribution in [0.25, 0.3) is 10.9 Å². The smallest absolute Gasteiger partial charge is 0.0584 e. The minimum Gasteiger partial charge on any atom is -0.395 e. The van der Waals surface area contributed by atoms with Gasteiger partial charge in [0.05, 0.1) is 6.61 Å². The number of nitrogens with one attached hydrogen (secondary N) is 1. The highest BCUT2D eigenvalue weighted by molar-refractivity contribution is 5.84. The first-order valence-electron chi connectivity index (χ1n) is 7.10. The van der Waals surface area contributed by atoms with Crippen LogP contribution in [0.3, 0.4) is 0 Å². The molecule has 3 heteroatoms. The van der Waals surface area contributed by atoms with Gasteiger partial charge in [0.1, 0.15) is 0 Å². The van der Waals surface area contributed by atoms with Crippen LogP contribution in [0.4, 0.5) is 0 Å². The maximum absolute atomic E-state index is 9.24. The molecule has 1 aromatic carbocycles. The molecule has 0 saturated heterocycles. The van der Waals surface area contributed by atoms with Crippen LogP contribution in [-0.4, -0.2) is 22.3 Å². The summed E-state index contributed by atoms with van der Waals surface area (Å²) in [5.41, 5.74) is 2.59. The maximum Gasteiger partial charge on any atom is 0.0584 e. The molecule has 0 fully saturated rings. The molecule has 0 bridgehead atoms. The van der Waals surface area contributed by atoms with E-state index in [0.717, 1.165) is 13.0 Å². The van der Waals surface area contributed by atoms with Crippen molar-refractivity contribution in [1.82, 2.24) is 9.88 Å². The van der Waals surface area contributed by atoms with Crippen molar-refractivity contribution in [3.8, 4) is 0 Å². The number of rotatable bonds is 6. The first-order valence-corrected chi connectivity index (χ1v) is 7.10. The summed E-state index contributed by atoms with van der Waals surface area (Å²) >= 11 is 0. The molecule has 3 nitrogen and oxygen atoms in total. The van der Waals surface area contributed by atoms with Gasteiger partial charge in [-0.3, -0.25) is 0 Å². The number of para-hydroxylation sites is 1. The van der Waals surface area contributed by atoms with Crippen LogP contribution >= 0.6 is 0 Å². The highest BCUT2D eigenvalue weighted by atomic mass is 16.3. The quantitative estimate of drug-likeness (QED) is 0.837. The first kappa shape index (κ1) is 14.1. The molecular formula is C16H24N2O. The number of aromatic nitrogens is 1. The van der Waals surface area contributed by atoms with Crippen LogP contribution in [0.5, 0.6) is 0 Å². The fourth-order valence-corrected chi connectivity index (χ4v) is 2.44. The summed E-state index contributed by atoms with van der Waals surface area (Å²) in [6, 6.07) is 9.15. The number of aliphatic hydroxyl groups is 1. The van der Waals surface area contributed by atoms with E-state index in [1.54, 1.807) is 0 Å². The van der Waals surface area contributed by atoms with Crippen LogP contribution < -0.4 is 5.32 Å². The van der Waals surface area contributed by atoms with Gasteiger partial charge < -0.3 is 15.0 Å². The second-order valence-corrected chi connectivity index (χ2v) is 5.34. The number of fused-ring (bicyclic) bond motifs is 1. The van der Waals surface area contributed by atoms with Gasteiger partial charge in [-0.25, -0.2) is 0 Å². The number of benzene rings is 1. The molecule has 0 spiro atoms. The summed E-state index contributed by atoms with van der Waals surface area (Å²) in [6.07, 6.45) is 3.17. The summed E-state index contributed by atoms with van der Waals surface area (Å²) in [4.78, 5) is 0. The monoisotopic (exact) mass is 260 g/mol. The Labute approximate surface area is 115 Å². The average molecular weight is 260 g/mol. The van der Waals surface area contributed by atoms with E-state index < -0.39 is 0 Å². The Morgan fingerprint density at radius 2 is 2.00 bits per heavy atom. The number of aliphatic hydroxyl groups excluding tert-OH is 1. The van der Waals surface area contributed by atoms with E-state index in [0.29, 0.717) is 6.04 Å². The lowest BCUT2D eigenvalue weighted by Crippen LogP contribution is -2.31. The van der Waals surface area contributed by atoms with Gasteiger partial charge in [0.2, 0.25) is 0 Å². The Kier molecular flexibility index (Phi) is 4.61. The molecule has 0 radical (unpaired) electrons. The zero-order valence-electron chi connectivity index (χ0n) is 12.1. The van der Waals surface area contributed by atoms with Gasteiger partial charge in [-0.2, -0.15) is 0 Å². The molecular weight excluding hydrogens is 236 g/mol. The predicted molar refractivity (Wildman–Crippen MR) is 80.3 cm³/mol. The molecule has 2 N–H and O–H groups in total. The molecule has 0 saturated carbocycles. The normalized spacial score (nSPS) is 13.3. The van der Waals surface area contributed by atoms with Crippen molar-refractivity contribution in [3.05, 3.63) is 36.0 Å². The van der Waals surface area contributed by atoms with Gasteiger partial charge in [0, 0.05) is 35.7 Å². The van der Waals surface area contributed by atoms with E-state index in [4.69, 9.17) is 0 Å². The number of hydrogen-bond acceptors (Lipinski definition) is 2. The Morgan fingerprint density at radius 3 is 2.63 bits per heavy atom. The molecule has 0 unspecified atom stereocenters. The molecule has 104 valence electrons. The largest absolute Gasteiger partial charge is 0.395 e. The fourth-order valence-electron chi connectivity index (χ4n) is 2.44. The van der Waals surface area contributed by atoms with E-state index in [-0.39, 0.29) is 12.6 Å². The lowest BCUT2D eigenvalue weighted by Gasteiger charge is -2.13. The second-order valence-electron chi connectivity index (χ2n) is 5.34. The van der Waals surface area contributed by atoms with Crippen molar-refractivity contribution in [2.24, 2.45) is 0 Å². The maximum atomic E-state index is 9.24. The van der Waals surface area contributed by atoms with Crippen molar-refractivity contribution in [2.45, 2.75) is 45.8 Å². The standard InChI is InChI=1S/C16H24N2O/c1-4-14(11-19)17-9-13-10-18(12(2)3)16-8-6-5-7-15(13)16/h5-8,10,12,14,17,19H,4,9,11H2,1-3H3/t14-/m1/s1. The molecule has 2 aromatic rings. The highest BCUT2D eigenvalue weighted by Crippen LogP contribution is 2.24. The molecule has 0 amide bonds. The minimum atomic E-state index is 0.182. The predicted octanol–water partition coefficient (Wildman–Crippen LogP) is 3.08. The van der Waals surface area contributed by atoms with Crippen molar-refractivity contribution >= 4 is 10.9 Å². The zero-order chi connectivity index (χ0) is 13.8. The summed E-state index contributed by atoms with van der Waals surface area (Å²) < 4.78 is 2.31. The van der Waals surface area contributed by atoms with Crippen LogP contribution in [0.15, 0.2) is 30.5 Å². The van der Waals surface area contributed by atoms with Gasteiger partial charge in [0.15, 0.2) is 0 Å².